The second-order valence-electron chi connectivity index (χ2n) is 11.6. The molecule has 0 unspecified atom stereocenters. The number of nitrogen functional groups attached to an aromatic ring is 1. The van der Waals surface area contributed by atoms with Crippen molar-refractivity contribution in [3.05, 3.63) is 96.4 Å². The van der Waals surface area contributed by atoms with Gasteiger partial charge in [0.1, 0.15) is 17.7 Å². The van der Waals surface area contributed by atoms with E-state index in [1.54, 1.807) is 15.3 Å². The van der Waals surface area contributed by atoms with Gasteiger partial charge in [0.05, 0.1) is 23.6 Å². The Balaban J connectivity index is 1.31. The number of nitrogens with two attached hydrogens (primary N) is 1. The number of ether oxygens (including phenoxy) is 1. The number of benzene rings is 1. The minimum Gasteiger partial charge on any atom is -0.489 e. The highest BCUT2D eigenvalue weighted by Gasteiger charge is 2.23. The summed E-state index contributed by atoms with van der Waals surface area (Å²) >= 11 is 0. The van der Waals surface area contributed by atoms with Crippen LogP contribution >= 0.6 is 0 Å². The zero-order chi connectivity index (χ0) is 29.9. The van der Waals surface area contributed by atoms with Crippen LogP contribution in [0.15, 0.2) is 85.1 Å². The third kappa shape index (κ3) is 6.71. The Morgan fingerprint density at radius 2 is 1.88 bits per heavy atom. The number of carbonyl (C=O) groups excluding carboxylic acids is 1. The van der Waals surface area contributed by atoms with E-state index in [9.17, 15) is 4.79 Å². The van der Waals surface area contributed by atoms with Crippen LogP contribution in [-0.2, 0) is 5.41 Å². The molecule has 0 saturated carbocycles. The van der Waals surface area contributed by atoms with E-state index in [-0.39, 0.29) is 23.6 Å². The lowest BCUT2D eigenvalue weighted by atomic mass is 9.92. The average molecular weight is 567 g/mol. The molecular weight excluding hydrogens is 528 g/mol. The van der Waals surface area contributed by atoms with Crippen molar-refractivity contribution >= 4 is 23.4 Å². The maximum atomic E-state index is 13.4. The van der Waals surface area contributed by atoms with Crippen LogP contribution in [0.25, 0.3) is 11.3 Å². The van der Waals surface area contributed by atoms with Gasteiger partial charge in [0, 0.05) is 17.9 Å². The summed E-state index contributed by atoms with van der Waals surface area (Å²) in [6.07, 6.45) is 11.6. The van der Waals surface area contributed by atoms with Crippen molar-refractivity contribution in [3.8, 4) is 11.4 Å². The molecule has 5 rings (SSSR count). The Morgan fingerprint density at radius 1 is 1.10 bits per heavy atom. The lowest BCUT2D eigenvalue weighted by molar-refractivity contribution is 0.186. The molecule has 1 aromatic carbocycles. The first kappa shape index (κ1) is 28.7. The lowest BCUT2D eigenvalue weighted by Crippen LogP contribution is -2.40. The third-order valence-electron chi connectivity index (χ3n) is 7.19. The molecule has 218 valence electrons. The molecular formula is C32H38N8O2. The molecule has 10 nitrogen and oxygen atoms in total. The number of hydrogen-bond donors (Lipinski definition) is 3. The number of rotatable bonds is 5. The van der Waals surface area contributed by atoms with Crippen LogP contribution in [0.4, 0.5) is 16.6 Å². The van der Waals surface area contributed by atoms with Crippen molar-refractivity contribution in [3.63, 3.8) is 0 Å². The molecule has 0 saturated heterocycles. The van der Waals surface area contributed by atoms with Crippen LogP contribution in [0.5, 0.6) is 5.75 Å². The molecule has 0 bridgehead atoms. The van der Waals surface area contributed by atoms with Crippen LogP contribution < -0.4 is 21.1 Å². The van der Waals surface area contributed by atoms with E-state index >= 15 is 0 Å². The molecule has 0 fully saturated rings. The van der Waals surface area contributed by atoms with Crippen molar-refractivity contribution in [2.45, 2.75) is 64.5 Å². The number of pyridine rings is 1. The van der Waals surface area contributed by atoms with Gasteiger partial charge in [-0.1, -0.05) is 69.4 Å². The molecule has 2 atom stereocenters. The van der Waals surface area contributed by atoms with Gasteiger partial charge >= 0.3 is 6.03 Å². The number of aromatic nitrogens is 5. The van der Waals surface area contributed by atoms with Crippen molar-refractivity contribution in [1.29, 1.82) is 0 Å². The quantitative estimate of drug-likeness (QED) is 0.277. The van der Waals surface area contributed by atoms with Gasteiger partial charge < -0.3 is 15.8 Å². The Labute approximate surface area is 246 Å². The number of hydrogen-bond acceptors (Lipinski definition) is 6. The van der Waals surface area contributed by atoms with E-state index in [0.717, 1.165) is 22.5 Å². The Bertz CT molecular complexity index is 1640. The Kier molecular flexibility index (Phi) is 8.15. The van der Waals surface area contributed by atoms with Crippen molar-refractivity contribution in [2.24, 2.45) is 0 Å². The molecule has 0 aliphatic heterocycles. The van der Waals surface area contributed by atoms with Crippen LogP contribution in [-0.4, -0.2) is 42.6 Å². The van der Waals surface area contributed by atoms with E-state index in [2.05, 4.69) is 54.3 Å². The van der Waals surface area contributed by atoms with Gasteiger partial charge in [-0.05, 0) is 49.6 Å². The minimum atomic E-state index is -0.332. The number of carbonyl (C=O) groups is 1. The van der Waals surface area contributed by atoms with Gasteiger partial charge in [0.25, 0.3) is 0 Å². The predicted molar refractivity (Wildman–Crippen MR) is 166 cm³/mol. The van der Waals surface area contributed by atoms with Crippen LogP contribution in [0.1, 0.15) is 51.3 Å². The Hall–Kier alpha value is -4.86. The SMILES string of the molecule is C=C1/C=C\C=C/C[C@H](Oc2ccc3nnc(N)n3c2)CC[C@@H]1NC(=O)Nc1cc(C(C)(C)C)nn1-c1ccc(C)cc1. The maximum Gasteiger partial charge on any atom is 0.320 e. The largest absolute Gasteiger partial charge is 0.489 e. The molecule has 0 spiro atoms. The van der Waals surface area contributed by atoms with Gasteiger partial charge in [0.2, 0.25) is 5.95 Å². The highest BCUT2D eigenvalue weighted by atomic mass is 16.5. The van der Waals surface area contributed by atoms with Crippen LogP contribution in [0.2, 0.25) is 0 Å². The van der Waals surface area contributed by atoms with Gasteiger partial charge in [-0.3, -0.25) is 9.72 Å². The van der Waals surface area contributed by atoms with Gasteiger partial charge in [-0.2, -0.15) is 5.10 Å². The average Bonchev–Trinajstić information content (AvgIpc) is 3.54. The van der Waals surface area contributed by atoms with E-state index in [1.165, 1.54) is 0 Å². The highest BCUT2D eigenvalue weighted by Crippen LogP contribution is 2.27. The number of aryl methyl sites for hydroxylation is 1. The lowest BCUT2D eigenvalue weighted by Gasteiger charge is -2.24. The molecule has 2 amide bonds. The topological polar surface area (TPSA) is 124 Å². The molecule has 3 heterocycles. The molecule has 0 radical (unpaired) electrons. The first-order chi connectivity index (χ1) is 20.1. The molecule has 1 aliphatic rings. The summed E-state index contributed by atoms with van der Waals surface area (Å²) in [7, 11) is 0. The van der Waals surface area contributed by atoms with E-state index < -0.39 is 0 Å². The third-order valence-corrected chi connectivity index (χ3v) is 7.19. The number of fused-ring (bicyclic) bond motifs is 1. The first-order valence-electron chi connectivity index (χ1n) is 14.1. The van der Waals surface area contributed by atoms with Crippen molar-refractivity contribution < 1.29 is 9.53 Å². The second kappa shape index (κ2) is 11.9. The maximum absolute atomic E-state index is 13.4. The zero-order valence-corrected chi connectivity index (χ0v) is 24.5. The number of nitrogens with one attached hydrogen (secondary N) is 2. The molecule has 1 aliphatic carbocycles. The van der Waals surface area contributed by atoms with Crippen molar-refractivity contribution in [1.82, 2.24) is 29.7 Å². The molecule has 10 heteroatoms. The monoisotopic (exact) mass is 566 g/mol. The molecule has 3 aromatic heterocycles. The minimum absolute atomic E-state index is 0.125. The standard InChI is InChI=1S/C32H38N8O2/c1-21-11-13-23(14-12-21)40-29(19-27(38-40)32(3,4)5)35-31(41)34-26-17-15-24(10-8-6-7-9-22(26)2)42-25-16-18-28-36-37-30(33)39(28)20-25/h6-9,11-14,16,18-20,24,26H,2,10,15,17H2,1,3-5H3,(H2,33,37)(H2,34,35,41)/b8-6-,9-7-/t24-,26-/m0/s1. The number of allylic oxidation sites excluding steroid dienone is 2. The van der Waals surface area contributed by atoms with Gasteiger partial charge in [0.15, 0.2) is 5.65 Å². The fourth-order valence-corrected chi connectivity index (χ4v) is 4.71. The Morgan fingerprint density at radius 3 is 2.64 bits per heavy atom. The number of anilines is 2. The first-order valence-corrected chi connectivity index (χ1v) is 14.1. The summed E-state index contributed by atoms with van der Waals surface area (Å²) in [6.45, 7) is 12.6. The number of nitrogens with zero attached hydrogens (tertiary/aromatic N) is 5. The zero-order valence-electron chi connectivity index (χ0n) is 24.5. The van der Waals surface area contributed by atoms with E-state index in [0.29, 0.717) is 42.4 Å². The van der Waals surface area contributed by atoms with E-state index in [1.807, 2.05) is 67.6 Å². The summed E-state index contributed by atoms with van der Waals surface area (Å²) in [5.41, 5.74) is 10.1. The van der Waals surface area contributed by atoms with Gasteiger partial charge in [-0.15, -0.1) is 10.2 Å². The summed E-state index contributed by atoms with van der Waals surface area (Å²) < 4.78 is 9.80. The molecule has 4 N–H and O–H groups in total. The molecule has 4 aromatic rings. The molecule has 42 heavy (non-hydrogen) atoms. The number of amides is 2. The normalized spacial score (nSPS) is 19.3. The van der Waals surface area contributed by atoms with Crippen molar-refractivity contribution in [2.75, 3.05) is 11.1 Å². The summed E-state index contributed by atoms with van der Waals surface area (Å²) in [5.74, 6) is 1.56. The number of urea groups is 1. The summed E-state index contributed by atoms with van der Waals surface area (Å²) in [6, 6.07) is 13.0. The fourth-order valence-electron chi connectivity index (χ4n) is 4.71. The smallest absolute Gasteiger partial charge is 0.320 e. The fraction of sp³-hybridized carbons (Fsp3) is 0.312. The predicted octanol–water partition coefficient (Wildman–Crippen LogP) is 5.89. The summed E-state index contributed by atoms with van der Waals surface area (Å²) in [5, 5.41) is 18.9. The second-order valence-corrected chi connectivity index (χ2v) is 11.6. The van der Waals surface area contributed by atoms with Crippen LogP contribution in [0.3, 0.4) is 0 Å². The van der Waals surface area contributed by atoms with Crippen LogP contribution in [0, 0.1) is 6.92 Å². The van der Waals surface area contributed by atoms with E-state index in [4.69, 9.17) is 15.6 Å². The van der Waals surface area contributed by atoms with Gasteiger partial charge in [-0.25, -0.2) is 9.48 Å². The highest BCUT2D eigenvalue weighted by molar-refractivity contribution is 5.89. The summed E-state index contributed by atoms with van der Waals surface area (Å²) in [4.78, 5) is 13.4.